The number of aromatic carboxylic acids is 1. The van der Waals surface area contributed by atoms with Crippen molar-refractivity contribution < 1.29 is 32.5 Å². The molecule has 7 heteroatoms. The zero-order chi connectivity index (χ0) is 31.7. The van der Waals surface area contributed by atoms with Gasteiger partial charge in [-0.25, -0.2) is 13.6 Å². The highest BCUT2D eigenvalue weighted by Crippen LogP contribution is 2.36. The molecular formula is C37H47F3O4. The normalized spacial score (nSPS) is 11.1. The van der Waals surface area contributed by atoms with Crippen LogP contribution in [-0.4, -0.2) is 24.3 Å². The third kappa shape index (κ3) is 10.6. The van der Waals surface area contributed by atoms with Crippen LogP contribution in [0.5, 0.6) is 11.5 Å². The zero-order valence-corrected chi connectivity index (χ0v) is 26.2. The first-order chi connectivity index (χ1) is 21.4. The average Bonchev–Trinajstić information content (AvgIpc) is 3.02. The minimum absolute atomic E-state index is 0.00954. The number of carboxylic acid groups (broad SMARTS) is 1. The summed E-state index contributed by atoms with van der Waals surface area (Å²) < 4.78 is 56.4. The number of hydrogen-bond donors (Lipinski definition) is 1. The highest BCUT2D eigenvalue weighted by molar-refractivity contribution is 5.97. The number of rotatable bonds is 21. The fraction of sp³-hybridized carbons (Fsp3) is 0.486. The first kappa shape index (κ1) is 35.0. The molecule has 1 N–H and O–H groups in total. The second-order valence-electron chi connectivity index (χ2n) is 11.4. The van der Waals surface area contributed by atoms with Crippen LogP contribution >= 0.6 is 0 Å². The van der Waals surface area contributed by atoms with Crippen LogP contribution in [0.15, 0.2) is 48.5 Å². The van der Waals surface area contributed by atoms with E-state index in [0.717, 1.165) is 44.9 Å². The van der Waals surface area contributed by atoms with E-state index in [0.29, 0.717) is 17.7 Å². The monoisotopic (exact) mass is 612 g/mol. The van der Waals surface area contributed by atoms with Crippen molar-refractivity contribution in [1.82, 2.24) is 0 Å². The highest BCUT2D eigenvalue weighted by Gasteiger charge is 2.21. The Balaban J connectivity index is 1.68. The molecule has 0 unspecified atom stereocenters. The average molecular weight is 613 g/mol. The molecule has 0 aromatic heterocycles. The summed E-state index contributed by atoms with van der Waals surface area (Å²) in [6.45, 7) is 5.04. The fourth-order valence-corrected chi connectivity index (χ4v) is 5.26. The van der Waals surface area contributed by atoms with Gasteiger partial charge in [0.25, 0.3) is 0 Å². The summed E-state index contributed by atoms with van der Waals surface area (Å²) in [5.74, 6) is -4.26. The van der Waals surface area contributed by atoms with Gasteiger partial charge >= 0.3 is 5.97 Å². The molecule has 0 aliphatic rings. The van der Waals surface area contributed by atoms with Gasteiger partial charge in [0, 0.05) is 5.56 Å². The van der Waals surface area contributed by atoms with E-state index in [2.05, 4.69) is 13.8 Å². The lowest BCUT2D eigenvalue weighted by Crippen LogP contribution is -2.04. The van der Waals surface area contributed by atoms with Crippen molar-refractivity contribution in [2.45, 2.75) is 104 Å². The van der Waals surface area contributed by atoms with Crippen molar-refractivity contribution in [2.24, 2.45) is 0 Å². The van der Waals surface area contributed by atoms with Gasteiger partial charge in [-0.2, -0.15) is 4.39 Å². The smallest absolute Gasteiger partial charge is 0.336 e. The lowest BCUT2D eigenvalue weighted by Gasteiger charge is -2.14. The molecule has 44 heavy (non-hydrogen) atoms. The number of carbonyl (C=O) groups is 1. The maximum atomic E-state index is 15.3. The standard InChI is InChI=1S/C37H47F3O4/c1-3-5-7-9-11-13-15-23-43-33-21-18-28(26-32(33)38)27-17-19-30(37(41)42)31(25-27)29-20-22-34(36(40)35(29)39)44-24-16-14-12-10-8-6-4-2/h17-22,25-26H,3-16,23-24H2,1-2H3,(H,41,42). The number of unbranched alkanes of at least 4 members (excludes halogenated alkanes) is 12. The third-order valence-corrected chi connectivity index (χ3v) is 7.86. The predicted molar refractivity (Wildman–Crippen MR) is 171 cm³/mol. The molecule has 4 nitrogen and oxygen atoms in total. The molecule has 0 radical (unpaired) electrons. The van der Waals surface area contributed by atoms with Crippen molar-refractivity contribution in [3.8, 4) is 33.8 Å². The van der Waals surface area contributed by atoms with Crippen molar-refractivity contribution in [3.05, 3.63) is 71.5 Å². The zero-order valence-electron chi connectivity index (χ0n) is 26.2. The maximum Gasteiger partial charge on any atom is 0.336 e. The van der Waals surface area contributed by atoms with Crippen molar-refractivity contribution in [1.29, 1.82) is 0 Å². The molecule has 3 rings (SSSR count). The van der Waals surface area contributed by atoms with Gasteiger partial charge in [-0.3, -0.25) is 0 Å². The maximum absolute atomic E-state index is 15.3. The van der Waals surface area contributed by atoms with Crippen LogP contribution in [0.2, 0.25) is 0 Å². The summed E-state index contributed by atoms with van der Waals surface area (Å²) in [4.78, 5) is 12.0. The molecule has 0 amide bonds. The largest absolute Gasteiger partial charge is 0.491 e. The molecule has 0 heterocycles. The highest BCUT2D eigenvalue weighted by atomic mass is 19.2. The Bertz CT molecular complexity index is 1320. The SMILES string of the molecule is CCCCCCCCCOc1ccc(-c2ccc(C(=O)O)c(-c3ccc(OCCCCCCCCC)c(F)c3F)c2)cc1F. The molecule has 0 saturated carbocycles. The van der Waals surface area contributed by atoms with Crippen LogP contribution in [0, 0.1) is 17.5 Å². The second kappa shape index (κ2) is 19.0. The molecule has 0 atom stereocenters. The van der Waals surface area contributed by atoms with Crippen molar-refractivity contribution in [2.75, 3.05) is 13.2 Å². The van der Waals surface area contributed by atoms with Gasteiger partial charge in [-0.05, 0) is 65.9 Å². The van der Waals surface area contributed by atoms with Crippen LogP contribution in [0.1, 0.15) is 114 Å². The van der Waals surface area contributed by atoms with Crippen LogP contribution in [-0.2, 0) is 0 Å². The molecule has 0 aliphatic heterocycles. The summed E-state index contributed by atoms with van der Waals surface area (Å²) in [5.41, 5.74) is 0.504. The number of halogens is 3. The van der Waals surface area contributed by atoms with Crippen molar-refractivity contribution in [3.63, 3.8) is 0 Å². The molecule has 3 aromatic carbocycles. The fourth-order valence-electron chi connectivity index (χ4n) is 5.26. The lowest BCUT2D eigenvalue weighted by atomic mass is 9.94. The topological polar surface area (TPSA) is 55.8 Å². The Hall–Kier alpha value is -3.48. The van der Waals surface area contributed by atoms with E-state index in [-0.39, 0.29) is 34.8 Å². The third-order valence-electron chi connectivity index (χ3n) is 7.86. The minimum atomic E-state index is -1.29. The van der Waals surface area contributed by atoms with E-state index >= 15 is 8.78 Å². The van der Waals surface area contributed by atoms with Gasteiger partial charge in [0.05, 0.1) is 18.8 Å². The number of carboxylic acids is 1. The van der Waals surface area contributed by atoms with Crippen LogP contribution in [0.4, 0.5) is 13.2 Å². The minimum Gasteiger partial charge on any atom is -0.491 e. The molecule has 3 aromatic rings. The summed E-state index contributed by atoms with van der Waals surface area (Å²) in [7, 11) is 0. The quantitative estimate of drug-likeness (QED) is 0.122. The first-order valence-electron chi connectivity index (χ1n) is 16.3. The Morgan fingerprint density at radius 3 is 1.66 bits per heavy atom. The number of benzene rings is 3. The molecular weight excluding hydrogens is 565 g/mol. The Morgan fingerprint density at radius 2 is 1.09 bits per heavy atom. The van der Waals surface area contributed by atoms with E-state index < -0.39 is 23.4 Å². The summed E-state index contributed by atoms with van der Waals surface area (Å²) >= 11 is 0. The van der Waals surface area contributed by atoms with Crippen molar-refractivity contribution >= 4 is 5.97 Å². The molecule has 0 spiro atoms. The van der Waals surface area contributed by atoms with E-state index in [1.54, 1.807) is 6.07 Å². The Morgan fingerprint density at radius 1 is 0.591 bits per heavy atom. The van der Waals surface area contributed by atoms with E-state index in [4.69, 9.17) is 9.47 Å². The molecule has 0 bridgehead atoms. The second-order valence-corrected chi connectivity index (χ2v) is 11.4. The number of ether oxygens (including phenoxy) is 2. The van der Waals surface area contributed by atoms with E-state index in [1.165, 1.54) is 87.4 Å². The Kier molecular flexibility index (Phi) is 15.1. The Labute approximate surface area is 260 Å². The summed E-state index contributed by atoms with van der Waals surface area (Å²) in [5, 5.41) is 9.78. The molecule has 0 saturated heterocycles. The summed E-state index contributed by atoms with van der Waals surface area (Å²) in [6, 6.07) is 11.4. The van der Waals surface area contributed by atoms with Crippen LogP contribution < -0.4 is 9.47 Å². The summed E-state index contributed by atoms with van der Waals surface area (Å²) in [6.07, 6.45) is 15.4. The first-order valence-corrected chi connectivity index (χ1v) is 16.3. The molecule has 240 valence electrons. The van der Waals surface area contributed by atoms with Gasteiger partial charge in [0.2, 0.25) is 5.82 Å². The predicted octanol–water partition coefficient (Wildman–Crippen LogP) is 11.4. The van der Waals surface area contributed by atoms with Gasteiger partial charge in [-0.15, -0.1) is 0 Å². The molecule has 0 fully saturated rings. The van der Waals surface area contributed by atoms with E-state index in [1.807, 2.05) is 0 Å². The number of hydrogen-bond acceptors (Lipinski definition) is 3. The van der Waals surface area contributed by atoms with Gasteiger partial charge in [-0.1, -0.05) is 103 Å². The van der Waals surface area contributed by atoms with Gasteiger partial charge in [0.1, 0.15) is 0 Å². The van der Waals surface area contributed by atoms with Gasteiger partial charge < -0.3 is 14.6 Å². The molecule has 0 aliphatic carbocycles. The lowest BCUT2D eigenvalue weighted by molar-refractivity contribution is 0.0697. The van der Waals surface area contributed by atoms with Gasteiger partial charge in [0.15, 0.2) is 23.1 Å². The van der Waals surface area contributed by atoms with E-state index in [9.17, 15) is 14.3 Å². The van der Waals surface area contributed by atoms with Crippen LogP contribution in [0.25, 0.3) is 22.3 Å². The van der Waals surface area contributed by atoms with Crippen LogP contribution in [0.3, 0.4) is 0 Å².